The summed E-state index contributed by atoms with van der Waals surface area (Å²) in [5.41, 5.74) is 1.45. The lowest BCUT2D eigenvalue weighted by molar-refractivity contribution is 0.0463. The molecule has 0 saturated heterocycles. The molecule has 1 aromatic carbocycles. The second-order valence-corrected chi connectivity index (χ2v) is 6.84. The van der Waals surface area contributed by atoms with Crippen molar-refractivity contribution in [3.8, 4) is 0 Å². The van der Waals surface area contributed by atoms with Gasteiger partial charge in [-0.1, -0.05) is 53.4 Å². The first kappa shape index (κ1) is 15.0. The van der Waals surface area contributed by atoms with Gasteiger partial charge in [0, 0.05) is 29.6 Å². The minimum absolute atomic E-state index is 0.133. The maximum absolute atomic E-state index is 9.78. The predicted molar refractivity (Wildman–Crippen MR) is 83.1 cm³/mol. The van der Waals surface area contributed by atoms with Gasteiger partial charge in [-0.25, -0.2) is 0 Å². The van der Waals surface area contributed by atoms with E-state index in [1.54, 1.807) is 0 Å². The maximum Gasteiger partial charge on any atom is 0.0499 e. The number of aliphatic hydroxyl groups excluding tert-OH is 1. The van der Waals surface area contributed by atoms with Gasteiger partial charge >= 0.3 is 0 Å². The van der Waals surface area contributed by atoms with E-state index in [-0.39, 0.29) is 5.41 Å². The van der Waals surface area contributed by atoms with Crippen molar-refractivity contribution >= 4 is 15.9 Å². The van der Waals surface area contributed by atoms with Crippen LogP contribution in [0.2, 0.25) is 0 Å². The van der Waals surface area contributed by atoms with Gasteiger partial charge in [-0.2, -0.15) is 0 Å². The Hall–Kier alpha value is -0.380. The summed E-state index contributed by atoms with van der Waals surface area (Å²) in [6.45, 7) is 2.25. The number of nitrogens with zero attached hydrogens (tertiary/aromatic N) is 1. The summed E-state index contributed by atoms with van der Waals surface area (Å²) in [6.07, 6.45) is 6.20. The minimum atomic E-state index is 0.133. The third-order valence-electron chi connectivity index (χ3n) is 4.25. The summed E-state index contributed by atoms with van der Waals surface area (Å²) < 4.78 is 1.17. The monoisotopic (exact) mass is 325 g/mol. The van der Waals surface area contributed by atoms with Crippen molar-refractivity contribution in [3.63, 3.8) is 0 Å². The van der Waals surface area contributed by atoms with Crippen LogP contribution in [0.25, 0.3) is 0 Å². The number of halogens is 1. The number of rotatable bonds is 5. The molecular formula is C16H24BrNO. The van der Waals surface area contributed by atoms with Crippen LogP contribution in [-0.2, 0) is 6.54 Å². The SMILES string of the molecule is CN(Cc1ccccc1Br)CC1(CO)CCCCC1. The molecule has 0 unspecified atom stereocenters. The van der Waals surface area contributed by atoms with Crippen LogP contribution >= 0.6 is 15.9 Å². The second-order valence-electron chi connectivity index (χ2n) is 5.98. The van der Waals surface area contributed by atoms with Crippen molar-refractivity contribution in [3.05, 3.63) is 34.3 Å². The Bertz CT molecular complexity index is 401. The van der Waals surface area contributed by atoms with E-state index < -0.39 is 0 Å². The van der Waals surface area contributed by atoms with Crippen LogP contribution in [0.3, 0.4) is 0 Å². The van der Waals surface area contributed by atoms with Crippen molar-refractivity contribution in [1.29, 1.82) is 0 Å². The van der Waals surface area contributed by atoms with E-state index in [1.165, 1.54) is 42.1 Å². The molecule has 106 valence electrons. The van der Waals surface area contributed by atoms with Crippen molar-refractivity contribution in [2.45, 2.75) is 38.6 Å². The zero-order valence-corrected chi connectivity index (χ0v) is 13.3. The summed E-state index contributed by atoms with van der Waals surface area (Å²) in [7, 11) is 2.16. The lowest BCUT2D eigenvalue weighted by Crippen LogP contribution is -2.39. The Labute approximate surface area is 124 Å². The number of hydrogen-bond acceptors (Lipinski definition) is 2. The van der Waals surface area contributed by atoms with Gasteiger partial charge in [0.25, 0.3) is 0 Å². The van der Waals surface area contributed by atoms with E-state index in [1.807, 2.05) is 6.07 Å². The molecule has 0 bridgehead atoms. The smallest absolute Gasteiger partial charge is 0.0499 e. The molecule has 1 fully saturated rings. The van der Waals surface area contributed by atoms with Gasteiger partial charge in [0.2, 0.25) is 0 Å². The fourth-order valence-electron chi connectivity index (χ4n) is 3.21. The topological polar surface area (TPSA) is 23.5 Å². The molecule has 1 aliphatic rings. The van der Waals surface area contributed by atoms with Crippen LogP contribution < -0.4 is 0 Å². The molecule has 3 heteroatoms. The largest absolute Gasteiger partial charge is 0.396 e. The number of aliphatic hydroxyl groups is 1. The van der Waals surface area contributed by atoms with Gasteiger partial charge in [0.15, 0.2) is 0 Å². The van der Waals surface area contributed by atoms with Crippen LogP contribution in [-0.4, -0.2) is 30.2 Å². The molecule has 1 N–H and O–H groups in total. The van der Waals surface area contributed by atoms with Gasteiger partial charge in [-0.3, -0.25) is 0 Å². The molecule has 0 radical (unpaired) electrons. The van der Waals surface area contributed by atoms with Gasteiger partial charge in [-0.05, 0) is 31.5 Å². The summed E-state index contributed by atoms with van der Waals surface area (Å²) in [5, 5.41) is 9.78. The van der Waals surface area contributed by atoms with Gasteiger partial charge < -0.3 is 10.0 Å². The average Bonchev–Trinajstić information content (AvgIpc) is 2.42. The Morgan fingerprint density at radius 2 is 1.89 bits per heavy atom. The van der Waals surface area contributed by atoms with Crippen molar-refractivity contribution in [2.24, 2.45) is 5.41 Å². The van der Waals surface area contributed by atoms with Crippen LogP contribution in [0, 0.1) is 5.41 Å². The van der Waals surface area contributed by atoms with Gasteiger partial charge in [0.05, 0.1) is 0 Å². The van der Waals surface area contributed by atoms with E-state index in [0.29, 0.717) is 6.61 Å². The van der Waals surface area contributed by atoms with Crippen LogP contribution in [0.4, 0.5) is 0 Å². The fraction of sp³-hybridized carbons (Fsp3) is 0.625. The second kappa shape index (κ2) is 6.87. The number of benzene rings is 1. The highest BCUT2D eigenvalue weighted by Crippen LogP contribution is 2.36. The molecule has 19 heavy (non-hydrogen) atoms. The predicted octanol–water partition coefficient (Wildman–Crippen LogP) is 3.82. The third-order valence-corrected chi connectivity index (χ3v) is 5.03. The molecule has 2 nitrogen and oxygen atoms in total. The first-order chi connectivity index (χ1) is 9.15. The normalized spacial score (nSPS) is 18.7. The molecule has 0 amide bonds. The molecule has 0 atom stereocenters. The summed E-state index contributed by atoms with van der Waals surface area (Å²) in [5.74, 6) is 0. The zero-order chi connectivity index (χ0) is 13.7. The molecule has 1 aliphatic carbocycles. The molecule has 0 heterocycles. The standard InChI is InChI=1S/C16H24BrNO/c1-18(11-14-7-3-4-8-15(14)17)12-16(13-19)9-5-2-6-10-16/h3-4,7-8,19H,2,5-6,9-13H2,1H3. The van der Waals surface area contributed by atoms with Gasteiger partial charge in [0.1, 0.15) is 0 Å². The quantitative estimate of drug-likeness (QED) is 0.889. The van der Waals surface area contributed by atoms with Crippen LogP contribution in [0.5, 0.6) is 0 Å². The molecular weight excluding hydrogens is 302 g/mol. The van der Waals surface area contributed by atoms with Crippen molar-refractivity contribution < 1.29 is 5.11 Å². The molecule has 0 spiro atoms. The van der Waals surface area contributed by atoms with E-state index >= 15 is 0 Å². The van der Waals surface area contributed by atoms with Crippen molar-refractivity contribution in [1.82, 2.24) is 4.90 Å². The Morgan fingerprint density at radius 3 is 2.53 bits per heavy atom. The third kappa shape index (κ3) is 4.04. The van der Waals surface area contributed by atoms with E-state index in [0.717, 1.165) is 13.1 Å². The summed E-state index contributed by atoms with van der Waals surface area (Å²) in [6, 6.07) is 8.37. The molecule has 0 aliphatic heterocycles. The Balaban J connectivity index is 1.96. The van der Waals surface area contributed by atoms with E-state index in [4.69, 9.17) is 0 Å². The van der Waals surface area contributed by atoms with E-state index in [9.17, 15) is 5.11 Å². The van der Waals surface area contributed by atoms with Crippen molar-refractivity contribution in [2.75, 3.05) is 20.2 Å². The average molecular weight is 326 g/mol. The highest BCUT2D eigenvalue weighted by Gasteiger charge is 2.32. The molecule has 1 aromatic rings. The van der Waals surface area contributed by atoms with Crippen LogP contribution in [0.1, 0.15) is 37.7 Å². The lowest BCUT2D eigenvalue weighted by atomic mass is 9.74. The number of hydrogen-bond donors (Lipinski definition) is 1. The first-order valence-electron chi connectivity index (χ1n) is 7.18. The zero-order valence-electron chi connectivity index (χ0n) is 11.7. The lowest BCUT2D eigenvalue weighted by Gasteiger charge is -2.38. The fourth-order valence-corrected chi connectivity index (χ4v) is 3.62. The summed E-state index contributed by atoms with van der Waals surface area (Å²) >= 11 is 3.60. The molecule has 0 aromatic heterocycles. The molecule has 2 rings (SSSR count). The van der Waals surface area contributed by atoms with Crippen LogP contribution in [0.15, 0.2) is 28.7 Å². The highest BCUT2D eigenvalue weighted by molar-refractivity contribution is 9.10. The highest BCUT2D eigenvalue weighted by atomic mass is 79.9. The minimum Gasteiger partial charge on any atom is -0.396 e. The molecule has 1 saturated carbocycles. The Morgan fingerprint density at radius 1 is 1.21 bits per heavy atom. The maximum atomic E-state index is 9.78. The van der Waals surface area contributed by atoms with E-state index in [2.05, 4.69) is 46.1 Å². The van der Waals surface area contributed by atoms with Gasteiger partial charge in [-0.15, -0.1) is 0 Å². The first-order valence-corrected chi connectivity index (χ1v) is 7.97. The Kier molecular flexibility index (Phi) is 5.43. The summed E-state index contributed by atoms with van der Waals surface area (Å²) in [4.78, 5) is 2.35.